The molecule has 2 aromatic rings. The van der Waals surface area contributed by atoms with Gasteiger partial charge in [0, 0.05) is 46.0 Å². The predicted octanol–water partition coefficient (Wildman–Crippen LogP) is 1.07. The van der Waals surface area contributed by atoms with Crippen molar-refractivity contribution >= 4 is 11.8 Å². The molecule has 0 saturated carbocycles. The SMILES string of the molecule is CN1CCN(C(=O)c2ccc(=O)n(CC(=O)N(C)C)c2)[C@H](c2ccccc2)C1. The second-order valence-corrected chi connectivity index (χ2v) is 7.36. The lowest BCUT2D eigenvalue weighted by Crippen LogP contribution is -2.49. The van der Waals surface area contributed by atoms with Crippen LogP contribution < -0.4 is 5.56 Å². The van der Waals surface area contributed by atoms with Crippen molar-refractivity contribution in [2.24, 2.45) is 0 Å². The number of piperazine rings is 1. The van der Waals surface area contributed by atoms with E-state index in [1.54, 1.807) is 20.2 Å². The summed E-state index contributed by atoms with van der Waals surface area (Å²) in [5.41, 5.74) is 1.19. The Hall–Kier alpha value is -2.93. The van der Waals surface area contributed by atoms with Gasteiger partial charge in [0.2, 0.25) is 5.91 Å². The molecule has 2 heterocycles. The zero-order valence-electron chi connectivity index (χ0n) is 16.5. The molecule has 1 aromatic carbocycles. The van der Waals surface area contributed by atoms with Crippen LogP contribution in [0.3, 0.4) is 0 Å². The predicted molar refractivity (Wildman–Crippen MR) is 107 cm³/mol. The van der Waals surface area contributed by atoms with Crippen molar-refractivity contribution in [3.63, 3.8) is 0 Å². The number of nitrogens with zero attached hydrogens (tertiary/aromatic N) is 4. The molecule has 1 fully saturated rings. The van der Waals surface area contributed by atoms with E-state index in [9.17, 15) is 14.4 Å². The Morgan fingerprint density at radius 3 is 2.46 bits per heavy atom. The van der Waals surface area contributed by atoms with Gasteiger partial charge in [0.15, 0.2) is 0 Å². The minimum absolute atomic E-state index is 0.0590. The first-order chi connectivity index (χ1) is 13.4. The number of pyridine rings is 1. The zero-order valence-corrected chi connectivity index (χ0v) is 16.5. The summed E-state index contributed by atoms with van der Waals surface area (Å²) < 4.78 is 1.29. The van der Waals surface area contributed by atoms with E-state index >= 15 is 0 Å². The topological polar surface area (TPSA) is 65.9 Å². The Kier molecular flexibility index (Phi) is 5.94. The second kappa shape index (κ2) is 8.39. The van der Waals surface area contributed by atoms with Crippen molar-refractivity contribution in [3.05, 3.63) is 70.1 Å². The van der Waals surface area contributed by atoms with Crippen LogP contribution >= 0.6 is 0 Å². The van der Waals surface area contributed by atoms with Gasteiger partial charge in [-0.3, -0.25) is 14.4 Å². The van der Waals surface area contributed by atoms with Gasteiger partial charge < -0.3 is 19.3 Å². The van der Waals surface area contributed by atoms with Gasteiger partial charge in [-0.05, 0) is 18.7 Å². The Balaban J connectivity index is 1.89. The molecule has 0 unspecified atom stereocenters. The molecular weight excluding hydrogens is 356 g/mol. The van der Waals surface area contributed by atoms with Gasteiger partial charge >= 0.3 is 0 Å². The fourth-order valence-corrected chi connectivity index (χ4v) is 3.36. The normalized spacial score (nSPS) is 17.4. The molecule has 1 atom stereocenters. The van der Waals surface area contributed by atoms with Gasteiger partial charge in [0.1, 0.15) is 6.54 Å². The molecule has 2 amide bonds. The minimum Gasteiger partial charge on any atom is -0.347 e. The molecule has 0 bridgehead atoms. The van der Waals surface area contributed by atoms with E-state index in [0.717, 1.165) is 18.7 Å². The van der Waals surface area contributed by atoms with Gasteiger partial charge in [-0.2, -0.15) is 0 Å². The van der Waals surface area contributed by atoms with Crippen molar-refractivity contribution in [3.8, 4) is 0 Å². The van der Waals surface area contributed by atoms with E-state index in [1.165, 1.54) is 21.7 Å². The molecule has 1 aliphatic rings. The maximum absolute atomic E-state index is 13.3. The van der Waals surface area contributed by atoms with Crippen LogP contribution in [0.2, 0.25) is 0 Å². The Morgan fingerprint density at radius 2 is 1.79 bits per heavy atom. The zero-order chi connectivity index (χ0) is 20.3. The van der Waals surface area contributed by atoms with Gasteiger partial charge in [0.25, 0.3) is 11.5 Å². The summed E-state index contributed by atoms with van der Waals surface area (Å²) in [5.74, 6) is -0.332. The van der Waals surface area contributed by atoms with E-state index in [4.69, 9.17) is 0 Å². The highest BCUT2D eigenvalue weighted by molar-refractivity contribution is 5.94. The summed E-state index contributed by atoms with van der Waals surface area (Å²) >= 11 is 0. The highest BCUT2D eigenvalue weighted by atomic mass is 16.2. The molecule has 7 nitrogen and oxygen atoms in total. The van der Waals surface area contributed by atoms with Crippen LogP contribution in [0.4, 0.5) is 0 Å². The summed E-state index contributed by atoms with van der Waals surface area (Å²) in [7, 11) is 5.32. The van der Waals surface area contributed by atoms with E-state index in [1.807, 2.05) is 42.3 Å². The van der Waals surface area contributed by atoms with Crippen LogP contribution in [0.25, 0.3) is 0 Å². The Bertz CT molecular complexity index is 907. The number of amides is 2. The third kappa shape index (κ3) is 4.31. The lowest BCUT2D eigenvalue weighted by molar-refractivity contribution is -0.129. The quantitative estimate of drug-likeness (QED) is 0.793. The van der Waals surface area contributed by atoms with Crippen molar-refractivity contribution in [2.45, 2.75) is 12.6 Å². The van der Waals surface area contributed by atoms with Crippen molar-refractivity contribution in [1.29, 1.82) is 0 Å². The van der Waals surface area contributed by atoms with E-state index in [-0.39, 0.29) is 30.0 Å². The summed E-state index contributed by atoms with van der Waals surface area (Å²) in [4.78, 5) is 42.9. The number of aromatic nitrogens is 1. The second-order valence-electron chi connectivity index (χ2n) is 7.36. The number of rotatable bonds is 4. The first kappa shape index (κ1) is 19.8. The first-order valence-electron chi connectivity index (χ1n) is 9.32. The number of hydrogen-bond acceptors (Lipinski definition) is 4. The number of likely N-dealkylation sites (N-methyl/N-ethyl adjacent to an activating group) is 2. The van der Waals surface area contributed by atoms with Gasteiger partial charge in [-0.25, -0.2) is 0 Å². The van der Waals surface area contributed by atoms with Crippen molar-refractivity contribution < 1.29 is 9.59 Å². The van der Waals surface area contributed by atoms with Crippen LogP contribution in [0, 0.1) is 0 Å². The molecule has 0 radical (unpaired) electrons. The molecule has 148 valence electrons. The molecule has 0 aliphatic carbocycles. The lowest BCUT2D eigenvalue weighted by Gasteiger charge is -2.40. The summed E-state index contributed by atoms with van der Waals surface area (Å²) in [6.45, 7) is 2.05. The van der Waals surface area contributed by atoms with Crippen LogP contribution in [0.5, 0.6) is 0 Å². The lowest BCUT2D eigenvalue weighted by atomic mass is 10.0. The van der Waals surface area contributed by atoms with Gasteiger partial charge in [-0.1, -0.05) is 30.3 Å². The maximum Gasteiger partial charge on any atom is 0.255 e. The number of benzene rings is 1. The fourth-order valence-electron chi connectivity index (χ4n) is 3.36. The number of carbonyl (C=O) groups is 2. The molecule has 28 heavy (non-hydrogen) atoms. The van der Waals surface area contributed by atoms with Crippen LogP contribution in [0.15, 0.2) is 53.5 Å². The Morgan fingerprint density at radius 1 is 1.07 bits per heavy atom. The molecule has 7 heteroatoms. The van der Waals surface area contributed by atoms with E-state index < -0.39 is 0 Å². The minimum atomic E-state index is -0.301. The van der Waals surface area contributed by atoms with Gasteiger partial charge in [-0.15, -0.1) is 0 Å². The maximum atomic E-state index is 13.3. The number of carbonyl (C=O) groups excluding carboxylic acids is 2. The molecule has 1 aliphatic heterocycles. The molecular formula is C21H26N4O3. The van der Waals surface area contributed by atoms with Gasteiger partial charge in [0.05, 0.1) is 11.6 Å². The van der Waals surface area contributed by atoms with Crippen LogP contribution in [0.1, 0.15) is 22.0 Å². The summed E-state index contributed by atoms with van der Waals surface area (Å²) in [6, 6.07) is 12.8. The molecule has 1 saturated heterocycles. The highest BCUT2D eigenvalue weighted by Gasteiger charge is 2.31. The molecule has 0 spiro atoms. The van der Waals surface area contributed by atoms with Crippen LogP contribution in [-0.4, -0.2) is 71.9 Å². The summed E-state index contributed by atoms with van der Waals surface area (Å²) in [6.07, 6.45) is 1.49. The Labute approximate surface area is 164 Å². The average Bonchev–Trinajstić information content (AvgIpc) is 2.69. The van der Waals surface area contributed by atoms with Crippen molar-refractivity contribution in [1.82, 2.24) is 19.3 Å². The summed E-state index contributed by atoms with van der Waals surface area (Å²) in [5, 5.41) is 0. The van der Waals surface area contributed by atoms with Crippen LogP contribution in [-0.2, 0) is 11.3 Å². The fraction of sp³-hybridized carbons (Fsp3) is 0.381. The third-order valence-corrected chi connectivity index (χ3v) is 5.06. The number of hydrogen-bond donors (Lipinski definition) is 0. The third-order valence-electron chi connectivity index (χ3n) is 5.06. The highest BCUT2D eigenvalue weighted by Crippen LogP contribution is 2.26. The van der Waals surface area contributed by atoms with E-state index in [2.05, 4.69) is 4.90 Å². The monoisotopic (exact) mass is 382 g/mol. The standard InChI is InChI=1S/C21H26N4O3/c1-22(2)20(27)15-24-13-17(9-10-19(24)26)21(28)25-12-11-23(3)14-18(25)16-7-5-4-6-8-16/h4-10,13,18H,11-12,14-15H2,1-3H3/t18-/m0/s1. The molecule has 1 aromatic heterocycles. The largest absolute Gasteiger partial charge is 0.347 e. The smallest absolute Gasteiger partial charge is 0.255 e. The molecule has 3 rings (SSSR count). The first-order valence-corrected chi connectivity index (χ1v) is 9.32. The average molecular weight is 382 g/mol. The van der Waals surface area contributed by atoms with E-state index in [0.29, 0.717) is 12.1 Å². The van der Waals surface area contributed by atoms with Crippen molar-refractivity contribution in [2.75, 3.05) is 40.8 Å². The molecule has 0 N–H and O–H groups in total.